The highest BCUT2D eigenvalue weighted by Crippen LogP contribution is 2.16. The third-order valence-electron chi connectivity index (χ3n) is 3.93. The molecule has 0 N–H and O–H groups in total. The largest absolute Gasteiger partial charge is 0.285 e. The van der Waals surface area contributed by atoms with Gasteiger partial charge in [0.25, 0.3) is 11.2 Å². The van der Waals surface area contributed by atoms with Crippen LogP contribution in [0, 0.1) is 10.1 Å². The fraction of sp³-hybridized carbons (Fsp3) is 0. The fourth-order valence-corrected chi connectivity index (χ4v) is 2.63. The molecule has 27 heavy (non-hydrogen) atoms. The third-order valence-corrected chi connectivity index (χ3v) is 3.93. The highest BCUT2D eigenvalue weighted by Gasteiger charge is 2.12. The Morgan fingerprint density at radius 1 is 1.07 bits per heavy atom. The molecule has 9 nitrogen and oxygen atoms in total. The van der Waals surface area contributed by atoms with Gasteiger partial charge >= 0.3 is 0 Å². The summed E-state index contributed by atoms with van der Waals surface area (Å²) in [6.45, 7) is 0. The van der Waals surface area contributed by atoms with Gasteiger partial charge < -0.3 is 0 Å². The zero-order chi connectivity index (χ0) is 18.8. The van der Waals surface area contributed by atoms with Gasteiger partial charge in [0.05, 0.1) is 28.6 Å². The van der Waals surface area contributed by atoms with Crippen molar-refractivity contribution < 1.29 is 4.92 Å². The Morgan fingerprint density at radius 3 is 2.59 bits per heavy atom. The number of nitrogens with zero attached hydrogens (tertiary/aromatic N) is 6. The van der Waals surface area contributed by atoms with E-state index in [-0.39, 0.29) is 11.3 Å². The quantitative estimate of drug-likeness (QED) is 0.315. The molecule has 132 valence electrons. The van der Waals surface area contributed by atoms with Crippen LogP contribution in [0.25, 0.3) is 16.7 Å². The first-order valence-corrected chi connectivity index (χ1v) is 7.94. The zero-order valence-corrected chi connectivity index (χ0v) is 13.8. The molecule has 9 heteroatoms. The maximum Gasteiger partial charge on any atom is 0.285 e. The number of hydrogen-bond donors (Lipinski definition) is 0. The first kappa shape index (κ1) is 16.3. The standard InChI is InChI=1S/C18H12N6O3/c25-18-15-11-21-23(14-7-2-1-3-8-14)17(15)19-12-22(18)20-10-13-6-4-5-9-16(13)24(26)27/h1-12H/b20-10-. The van der Waals surface area contributed by atoms with Gasteiger partial charge in [0.1, 0.15) is 11.7 Å². The van der Waals surface area contributed by atoms with Crippen molar-refractivity contribution in [2.75, 3.05) is 0 Å². The number of hydrogen-bond acceptors (Lipinski definition) is 6. The van der Waals surface area contributed by atoms with E-state index in [9.17, 15) is 14.9 Å². The maximum atomic E-state index is 12.6. The van der Waals surface area contributed by atoms with Gasteiger partial charge in [-0.15, -0.1) is 0 Å². The van der Waals surface area contributed by atoms with Crippen LogP contribution in [0.3, 0.4) is 0 Å². The molecular formula is C18H12N6O3. The lowest BCUT2D eigenvalue weighted by Gasteiger charge is -2.02. The number of nitro benzene ring substituents is 1. The minimum atomic E-state index is -0.504. The second-order valence-electron chi connectivity index (χ2n) is 5.58. The van der Waals surface area contributed by atoms with Gasteiger partial charge in [-0.05, 0) is 18.2 Å². The predicted octanol–water partition coefficient (Wildman–Crippen LogP) is 2.37. The average Bonchev–Trinajstić information content (AvgIpc) is 3.13. The molecule has 0 bridgehead atoms. The molecule has 0 aliphatic heterocycles. The lowest BCUT2D eigenvalue weighted by Crippen LogP contribution is -2.17. The van der Waals surface area contributed by atoms with E-state index in [0.717, 1.165) is 10.4 Å². The first-order chi connectivity index (χ1) is 13.1. The molecule has 0 atom stereocenters. The van der Waals surface area contributed by atoms with Crippen molar-refractivity contribution in [3.05, 3.63) is 93.2 Å². The summed E-state index contributed by atoms with van der Waals surface area (Å²) >= 11 is 0. The molecular weight excluding hydrogens is 348 g/mol. The van der Waals surface area contributed by atoms with Gasteiger partial charge in [0.15, 0.2) is 5.65 Å². The van der Waals surface area contributed by atoms with Crippen LogP contribution in [0.4, 0.5) is 5.69 Å². The van der Waals surface area contributed by atoms with Gasteiger partial charge in [-0.25, -0.2) is 9.67 Å². The topological polar surface area (TPSA) is 108 Å². The minimum absolute atomic E-state index is 0.0970. The average molecular weight is 360 g/mol. The molecule has 4 rings (SSSR count). The Kier molecular flexibility index (Phi) is 4.01. The van der Waals surface area contributed by atoms with Crippen LogP contribution in [0.5, 0.6) is 0 Å². The highest BCUT2D eigenvalue weighted by atomic mass is 16.6. The van der Waals surface area contributed by atoms with Gasteiger partial charge in [0, 0.05) is 6.07 Å². The number of fused-ring (bicyclic) bond motifs is 1. The molecule has 4 aromatic rings. The van der Waals surface area contributed by atoms with Crippen molar-refractivity contribution in [3.63, 3.8) is 0 Å². The molecule has 0 saturated carbocycles. The summed E-state index contributed by atoms with van der Waals surface area (Å²) < 4.78 is 2.59. The first-order valence-electron chi connectivity index (χ1n) is 7.94. The SMILES string of the molecule is O=c1c2cnn(-c3ccccc3)c2ncn1/N=C\c1ccccc1[N+](=O)[O-]. The Morgan fingerprint density at radius 2 is 1.81 bits per heavy atom. The zero-order valence-electron chi connectivity index (χ0n) is 13.8. The molecule has 0 amide bonds. The number of aromatic nitrogens is 4. The van der Waals surface area contributed by atoms with Crippen molar-refractivity contribution in [2.45, 2.75) is 0 Å². The van der Waals surface area contributed by atoms with Crippen LogP contribution >= 0.6 is 0 Å². The summed E-state index contributed by atoms with van der Waals surface area (Å²) in [6, 6.07) is 15.4. The third kappa shape index (κ3) is 2.97. The van der Waals surface area contributed by atoms with Crippen molar-refractivity contribution in [1.82, 2.24) is 19.4 Å². The normalized spacial score (nSPS) is 11.3. The van der Waals surface area contributed by atoms with E-state index in [1.54, 1.807) is 22.9 Å². The molecule has 0 fully saturated rings. The van der Waals surface area contributed by atoms with Crippen molar-refractivity contribution in [1.29, 1.82) is 0 Å². The Bertz CT molecular complexity index is 1230. The van der Waals surface area contributed by atoms with Crippen LogP contribution in [-0.2, 0) is 0 Å². The van der Waals surface area contributed by atoms with E-state index in [2.05, 4.69) is 15.2 Å². The predicted molar refractivity (Wildman–Crippen MR) is 99.2 cm³/mol. The fourth-order valence-electron chi connectivity index (χ4n) is 2.63. The molecule has 2 aromatic carbocycles. The lowest BCUT2D eigenvalue weighted by atomic mass is 10.2. The second kappa shape index (κ2) is 6.64. The summed E-state index contributed by atoms with van der Waals surface area (Å²) in [5.74, 6) is 0. The molecule has 0 aliphatic rings. The number of rotatable bonds is 4. The number of para-hydroxylation sites is 2. The smallest absolute Gasteiger partial charge is 0.266 e. The molecule has 2 heterocycles. The van der Waals surface area contributed by atoms with E-state index in [1.807, 2.05) is 30.3 Å². The van der Waals surface area contributed by atoms with Crippen LogP contribution < -0.4 is 5.56 Å². The summed E-state index contributed by atoms with van der Waals surface area (Å²) in [7, 11) is 0. The second-order valence-corrected chi connectivity index (χ2v) is 5.58. The molecule has 0 unspecified atom stereocenters. The van der Waals surface area contributed by atoms with Gasteiger partial charge in [0.2, 0.25) is 0 Å². The molecule has 0 saturated heterocycles. The molecule has 0 aliphatic carbocycles. The van der Waals surface area contributed by atoms with E-state index in [1.165, 1.54) is 24.8 Å². The Hall–Kier alpha value is -4.14. The van der Waals surface area contributed by atoms with E-state index < -0.39 is 10.5 Å². The monoisotopic (exact) mass is 360 g/mol. The Labute approximate surface area is 152 Å². The van der Waals surface area contributed by atoms with Crippen molar-refractivity contribution >= 4 is 22.9 Å². The van der Waals surface area contributed by atoms with E-state index >= 15 is 0 Å². The number of benzene rings is 2. The summed E-state index contributed by atoms with van der Waals surface area (Å²) in [5.41, 5.74) is 0.954. The van der Waals surface area contributed by atoms with E-state index in [0.29, 0.717) is 11.0 Å². The van der Waals surface area contributed by atoms with Gasteiger partial charge in [-0.1, -0.05) is 30.3 Å². The summed E-state index contributed by atoms with van der Waals surface area (Å²) in [6.07, 6.45) is 3.94. The molecule has 0 radical (unpaired) electrons. The van der Waals surface area contributed by atoms with Gasteiger partial charge in [-0.2, -0.15) is 14.9 Å². The van der Waals surface area contributed by atoms with Crippen LogP contribution in [0.2, 0.25) is 0 Å². The summed E-state index contributed by atoms with van der Waals surface area (Å²) in [5, 5.41) is 19.6. The van der Waals surface area contributed by atoms with Crippen LogP contribution in [0.1, 0.15) is 5.56 Å². The van der Waals surface area contributed by atoms with Crippen molar-refractivity contribution in [2.24, 2.45) is 5.10 Å². The van der Waals surface area contributed by atoms with Crippen LogP contribution in [0.15, 0.2) is 77.0 Å². The number of nitro groups is 1. The minimum Gasteiger partial charge on any atom is -0.266 e. The lowest BCUT2D eigenvalue weighted by molar-refractivity contribution is -0.385. The van der Waals surface area contributed by atoms with Gasteiger partial charge in [-0.3, -0.25) is 14.9 Å². The Balaban J connectivity index is 1.76. The highest BCUT2D eigenvalue weighted by molar-refractivity contribution is 5.85. The molecule has 2 aromatic heterocycles. The van der Waals surface area contributed by atoms with Crippen molar-refractivity contribution in [3.8, 4) is 5.69 Å². The molecule has 0 spiro atoms. The maximum absolute atomic E-state index is 12.6. The van der Waals surface area contributed by atoms with Crippen LogP contribution in [-0.4, -0.2) is 30.6 Å². The van der Waals surface area contributed by atoms with E-state index in [4.69, 9.17) is 0 Å². The summed E-state index contributed by atoms with van der Waals surface area (Å²) in [4.78, 5) is 27.5.